The summed E-state index contributed by atoms with van der Waals surface area (Å²) in [4.78, 5) is 0. The maximum atomic E-state index is 3.66. The standard InChI is InChI=1S/C15H23N/c1-4-16-15(12(3)13-9-10-13)14-8-6-5-7-11(14)2/h5-8,12-13,15-16H,4,9-10H2,1-3H3. The molecule has 1 nitrogen and oxygen atoms in total. The smallest absolute Gasteiger partial charge is 0.0351 e. The molecule has 1 aromatic rings. The average molecular weight is 217 g/mol. The molecule has 1 N–H and O–H groups in total. The summed E-state index contributed by atoms with van der Waals surface area (Å²) in [6.07, 6.45) is 2.85. The Morgan fingerprint density at radius 3 is 2.56 bits per heavy atom. The van der Waals surface area contributed by atoms with Gasteiger partial charge in [0, 0.05) is 6.04 Å². The summed E-state index contributed by atoms with van der Waals surface area (Å²) in [5.74, 6) is 1.71. The lowest BCUT2D eigenvalue weighted by Crippen LogP contribution is -2.28. The summed E-state index contributed by atoms with van der Waals surface area (Å²) in [6, 6.07) is 9.33. The minimum Gasteiger partial charge on any atom is -0.310 e. The average Bonchev–Trinajstić information content (AvgIpc) is 3.10. The Hall–Kier alpha value is -0.820. The fraction of sp³-hybridized carbons (Fsp3) is 0.600. The molecule has 1 aromatic carbocycles. The van der Waals surface area contributed by atoms with E-state index in [-0.39, 0.29) is 0 Å². The molecule has 16 heavy (non-hydrogen) atoms. The maximum Gasteiger partial charge on any atom is 0.0351 e. The lowest BCUT2D eigenvalue weighted by molar-refractivity contribution is 0.354. The van der Waals surface area contributed by atoms with Gasteiger partial charge >= 0.3 is 0 Å². The lowest BCUT2D eigenvalue weighted by atomic mass is 9.88. The first-order chi connectivity index (χ1) is 7.74. The van der Waals surface area contributed by atoms with Gasteiger partial charge in [0.25, 0.3) is 0 Å². The summed E-state index contributed by atoms with van der Waals surface area (Å²) in [6.45, 7) is 7.87. The van der Waals surface area contributed by atoms with Gasteiger partial charge < -0.3 is 5.32 Å². The molecule has 0 bridgehead atoms. The van der Waals surface area contributed by atoms with Crippen molar-refractivity contribution in [2.45, 2.75) is 39.7 Å². The van der Waals surface area contributed by atoms with E-state index in [1.807, 2.05) is 0 Å². The van der Waals surface area contributed by atoms with Crippen LogP contribution in [0, 0.1) is 18.8 Å². The van der Waals surface area contributed by atoms with Crippen molar-refractivity contribution in [3.63, 3.8) is 0 Å². The first-order valence-corrected chi connectivity index (χ1v) is 6.53. The van der Waals surface area contributed by atoms with Gasteiger partial charge in [-0.25, -0.2) is 0 Å². The number of benzene rings is 1. The van der Waals surface area contributed by atoms with Gasteiger partial charge in [-0.2, -0.15) is 0 Å². The highest BCUT2D eigenvalue weighted by molar-refractivity contribution is 5.29. The first-order valence-electron chi connectivity index (χ1n) is 6.53. The monoisotopic (exact) mass is 217 g/mol. The molecule has 0 heterocycles. The van der Waals surface area contributed by atoms with Gasteiger partial charge in [-0.3, -0.25) is 0 Å². The zero-order valence-electron chi connectivity index (χ0n) is 10.7. The van der Waals surface area contributed by atoms with E-state index in [4.69, 9.17) is 0 Å². The summed E-state index contributed by atoms with van der Waals surface area (Å²) >= 11 is 0. The Kier molecular flexibility index (Phi) is 3.65. The van der Waals surface area contributed by atoms with Crippen LogP contribution in [0.1, 0.15) is 43.9 Å². The van der Waals surface area contributed by atoms with Crippen LogP contribution in [0.5, 0.6) is 0 Å². The van der Waals surface area contributed by atoms with Crippen LogP contribution in [0.15, 0.2) is 24.3 Å². The Labute approximate surface area is 99.3 Å². The number of aryl methyl sites for hydroxylation is 1. The molecule has 0 radical (unpaired) electrons. The third kappa shape index (κ3) is 2.46. The van der Waals surface area contributed by atoms with Crippen LogP contribution in [-0.2, 0) is 0 Å². The minimum atomic E-state index is 0.540. The van der Waals surface area contributed by atoms with E-state index in [0.717, 1.165) is 18.4 Å². The Morgan fingerprint density at radius 2 is 2.00 bits per heavy atom. The van der Waals surface area contributed by atoms with Crippen molar-refractivity contribution in [2.75, 3.05) is 6.54 Å². The largest absolute Gasteiger partial charge is 0.310 e. The highest BCUT2D eigenvalue weighted by Crippen LogP contribution is 2.43. The van der Waals surface area contributed by atoms with E-state index >= 15 is 0 Å². The molecule has 1 saturated carbocycles. The van der Waals surface area contributed by atoms with Crippen LogP contribution in [0.4, 0.5) is 0 Å². The van der Waals surface area contributed by atoms with Crippen LogP contribution in [0.3, 0.4) is 0 Å². The predicted octanol–water partition coefficient (Wildman–Crippen LogP) is 3.69. The molecule has 2 unspecified atom stereocenters. The summed E-state index contributed by atoms with van der Waals surface area (Å²) in [7, 11) is 0. The van der Waals surface area contributed by atoms with Crippen LogP contribution in [0.2, 0.25) is 0 Å². The molecule has 88 valence electrons. The molecule has 0 aromatic heterocycles. The normalized spacial score (nSPS) is 19.4. The summed E-state index contributed by atoms with van der Waals surface area (Å²) < 4.78 is 0. The molecule has 1 aliphatic rings. The van der Waals surface area contributed by atoms with Gasteiger partial charge in [0.1, 0.15) is 0 Å². The third-order valence-corrected chi connectivity index (χ3v) is 3.84. The molecule has 0 saturated heterocycles. The number of nitrogens with one attached hydrogen (secondary N) is 1. The first kappa shape index (κ1) is 11.7. The van der Waals surface area contributed by atoms with Crippen molar-refractivity contribution >= 4 is 0 Å². The van der Waals surface area contributed by atoms with Crippen molar-refractivity contribution in [2.24, 2.45) is 11.8 Å². The molecule has 0 aliphatic heterocycles. The molecule has 1 aliphatic carbocycles. The van der Waals surface area contributed by atoms with Gasteiger partial charge in [-0.1, -0.05) is 38.1 Å². The van der Waals surface area contributed by atoms with Crippen LogP contribution in [-0.4, -0.2) is 6.54 Å². The van der Waals surface area contributed by atoms with Crippen molar-refractivity contribution in [1.29, 1.82) is 0 Å². The Balaban J connectivity index is 2.20. The van der Waals surface area contributed by atoms with Crippen molar-refractivity contribution in [3.05, 3.63) is 35.4 Å². The topological polar surface area (TPSA) is 12.0 Å². The van der Waals surface area contributed by atoms with E-state index in [0.29, 0.717) is 6.04 Å². The van der Waals surface area contributed by atoms with Gasteiger partial charge in [-0.15, -0.1) is 0 Å². The fourth-order valence-corrected chi connectivity index (χ4v) is 2.63. The van der Waals surface area contributed by atoms with Gasteiger partial charge in [0.05, 0.1) is 0 Å². The van der Waals surface area contributed by atoms with E-state index in [9.17, 15) is 0 Å². The molecule has 2 rings (SSSR count). The Morgan fingerprint density at radius 1 is 1.31 bits per heavy atom. The van der Waals surface area contributed by atoms with Crippen LogP contribution < -0.4 is 5.32 Å². The lowest BCUT2D eigenvalue weighted by Gasteiger charge is -2.26. The molecule has 1 fully saturated rings. The Bertz CT molecular complexity index is 341. The van der Waals surface area contributed by atoms with E-state index in [1.54, 1.807) is 0 Å². The second kappa shape index (κ2) is 5.01. The van der Waals surface area contributed by atoms with E-state index < -0.39 is 0 Å². The molecular formula is C15H23N. The van der Waals surface area contributed by atoms with Crippen molar-refractivity contribution < 1.29 is 0 Å². The zero-order valence-corrected chi connectivity index (χ0v) is 10.7. The highest BCUT2D eigenvalue weighted by atomic mass is 14.9. The number of rotatable bonds is 5. The second-order valence-electron chi connectivity index (χ2n) is 5.09. The number of hydrogen-bond donors (Lipinski definition) is 1. The minimum absolute atomic E-state index is 0.540. The third-order valence-electron chi connectivity index (χ3n) is 3.84. The van der Waals surface area contributed by atoms with Gasteiger partial charge in [-0.05, 0) is 49.3 Å². The van der Waals surface area contributed by atoms with Crippen molar-refractivity contribution in [1.82, 2.24) is 5.32 Å². The van der Waals surface area contributed by atoms with Gasteiger partial charge in [0.15, 0.2) is 0 Å². The van der Waals surface area contributed by atoms with Crippen molar-refractivity contribution in [3.8, 4) is 0 Å². The SMILES string of the molecule is CCNC(c1ccccc1C)C(C)C1CC1. The quantitative estimate of drug-likeness (QED) is 0.793. The molecular weight excluding hydrogens is 194 g/mol. The molecule has 1 heteroatoms. The van der Waals surface area contributed by atoms with E-state index in [2.05, 4.69) is 50.4 Å². The summed E-state index contributed by atoms with van der Waals surface area (Å²) in [5, 5.41) is 3.66. The molecule has 0 amide bonds. The number of hydrogen-bond acceptors (Lipinski definition) is 1. The second-order valence-corrected chi connectivity index (χ2v) is 5.09. The fourth-order valence-electron chi connectivity index (χ4n) is 2.63. The molecule has 2 atom stereocenters. The predicted molar refractivity (Wildman–Crippen MR) is 69.5 cm³/mol. The zero-order chi connectivity index (χ0) is 11.5. The molecule has 0 spiro atoms. The van der Waals surface area contributed by atoms with E-state index in [1.165, 1.54) is 24.0 Å². The van der Waals surface area contributed by atoms with Crippen LogP contribution in [0.25, 0.3) is 0 Å². The maximum absolute atomic E-state index is 3.66. The van der Waals surface area contributed by atoms with Crippen LogP contribution >= 0.6 is 0 Å². The summed E-state index contributed by atoms with van der Waals surface area (Å²) in [5.41, 5.74) is 2.91. The van der Waals surface area contributed by atoms with Gasteiger partial charge in [0.2, 0.25) is 0 Å². The highest BCUT2D eigenvalue weighted by Gasteiger charge is 2.33.